The average Bonchev–Trinajstić information content (AvgIpc) is 2.78. The van der Waals surface area contributed by atoms with Crippen LogP contribution in [0.15, 0.2) is 16.9 Å². The summed E-state index contributed by atoms with van der Waals surface area (Å²) in [7, 11) is 3.41. The minimum Gasteiger partial charge on any atom is -0.370 e. The van der Waals surface area contributed by atoms with Gasteiger partial charge in [0.1, 0.15) is 0 Å². The van der Waals surface area contributed by atoms with Crippen molar-refractivity contribution < 1.29 is 4.79 Å². The van der Waals surface area contributed by atoms with Gasteiger partial charge in [-0.3, -0.25) is 13.9 Å². The standard InChI is InChI=1S/C16H19Cl3N4O2/c1-21-12-8-10(20-14(24)16(17,18)19)11(23-6-4-3-5-7-23)9-13(12)22(2)15(21)25/h8-9H,3-7H2,1-2H3,(H,20,24). The van der Waals surface area contributed by atoms with E-state index in [0.717, 1.165) is 37.1 Å². The maximum Gasteiger partial charge on any atom is 0.328 e. The third-order valence-electron chi connectivity index (χ3n) is 4.59. The summed E-state index contributed by atoms with van der Waals surface area (Å²) in [6, 6.07) is 3.67. The molecule has 1 fully saturated rings. The van der Waals surface area contributed by atoms with Crippen LogP contribution in [0.2, 0.25) is 0 Å². The van der Waals surface area contributed by atoms with Crippen molar-refractivity contribution in [3.05, 3.63) is 22.6 Å². The Hall–Kier alpha value is -1.37. The molecule has 6 nitrogen and oxygen atoms in total. The molecule has 1 aliphatic rings. The number of anilines is 2. The van der Waals surface area contributed by atoms with E-state index < -0.39 is 9.70 Å². The number of aryl methyl sites for hydroxylation is 2. The molecule has 0 spiro atoms. The van der Waals surface area contributed by atoms with Gasteiger partial charge >= 0.3 is 5.69 Å². The maximum absolute atomic E-state index is 12.2. The first kappa shape index (κ1) is 18.4. The molecule has 0 radical (unpaired) electrons. The topological polar surface area (TPSA) is 59.3 Å². The molecule has 25 heavy (non-hydrogen) atoms. The lowest BCUT2D eigenvalue weighted by atomic mass is 10.1. The summed E-state index contributed by atoms with van der Waals surface area (Å²) < 4.78 is 1.06. The minimum absolute atomic E-state index is 0.135. The molecule has 2 aromatic rings. The van der Waals surface area contributed by atoms with Crippen molar-refractivity contribution in [2.45, 2.75) is 23.1 Å². The predicted octanol–water partition coefficient (Wildman–Crippen LogP) is 3.18. The van der Waals surface area contributed by atoms with Crippen molar-refractivity contribution in [2.75, 3.05) is 23.3 Å². The molecule has 0 atom stereocenters. The fourth-order valence-corrected chi connectivity index (χ4v) is 3.37. The molecule has 136 valence electrons. The van der Waals surface area contributed by atoms with Crippen molar-refractivity contribution in [3.63, 3.8) is 0 Å². The third-order valence-corrected chi connectivity index (χ3v) is 5.11. The van der Waals surface area contributed by atoms with Gasteiger partial charge in [-0.15, -0.1) is 0 Å². The zero-order valence-electron chi connectivity index (χ0n) is 14.0. The van der Waals surface area contributed by atoms with Gasteiger partial charge in [-0.2, -0.15) is 0 Å². The second kappa shape index (κ2) is 6.74. The van der Waals surface area contributed by atoms with Gasteiger partial charge in [0.25, 0.3) is 9.70 Å². The molecule has 1 aromatic heterocycles. The van der Waals surface area contributed by atoms with Gasteiger partial charge in [0.2, 0.25) is 0 Å². The van der Waals surface area contributed by atoms with E-state index in [9.17, 15) is 9.59 Å². The molecule has 9 heteroatoms. The van der Waals surface area contributed by atoms with Crippen molar-refractivity contribution >= 4 is 63.1 Å². The number of imidazole rings is 1. The molecule has 0 bridgehead atoms. The van der Waals surface area contributed by atoms with Crippen molar-refractivity contribution in [1.82, 2.24) is 9.13 Å². The van der Waals surface area contributed by atoms with Crippen molar-refractivity contribution in [3.8, 4) is 0 Å². The molecule has 1 amide bonds. The van der Waals surface area contributed by atoms with Crippen LogP contribution in [0.3, 0.4) is 0 Å². The average molecular weight is 406 g/mol. The van der Waals surface area contributed by atoms with Crippen LogP contribution >= 0.6 is 34.8 Å². The summed E-state index contributed by atoms with van der Waals surface area (Å²) in [5.74, 6) is -0.726. The molecule has 0 unspecified atom stereocenters. The Morgan fingerprint density at radius 2 is 1.60 bits per heavy atom. The SMILES string of the molecule is Cn1c(=O)n(C)c2cc(N3CCCCC3)c(NC(=O)C(Cl)(Cl)Cl)cc21. The molecule has 1 saturated heterocycles. The van der Waals surface area contributed by atoms with Gasteiger partial charge in [-0.05, 0) is 31.4 Å². The number of alkyl halides is 3. The highest BCUT2D eigenvalue weighted by atomic mass is 35.6. The lowest BCUT2D eigenvalue weighted by molar-refractivity contribution is -0.115. The summed E-state index contributed by atoms with van der Waals surface area (Å²) in [6.07, 6.45) is 3.33. The number of hydrogen-bond donors (Lipinski definition) is 1. The smallest absolute Gasteiger partial charge is 0.328 e. The van der Waals surface area contributed by atoms with Crippen LogP contribution < -0.4 is 15.9 Å². The lowest BCUT2D eigenvalue weighted by Crippen LogP contribution is -2.32. The normalized spacial score (nSPS) is 15.6. The van der Waals surface area contributed by atoms with Crippen molar-refractivity contribution in [1.29, 1.82) is 0 Å². The molecule has 0 aliphatic carbocycles. The van der Waals surface area contributed by atoms with Gasteiger partial charge in [0.15, 0.2) is 0 Å². The number of nitrogens with one attached hydrogen (secondary N) is 1. The zero-order valence-corrected chi connectivity index (χ0v) is 16.3. The van der Waals surface area contributed by atoms with E-state index in [2.05, 4.69) is 10.2 Å². The Balaban J connectivity index is 2.15. The summed E-state index contributed by atoms with van der Waals surface area (Å²) in [5.41, 5.74) is 2.72. The van der Waals surface area contributed by atoms with E-state index in [0.29, 0.717) is 11.2 Å². The molecule has 2 heterocycles. The Kier molecular flexibility index (Phi) is 4.97. The molecule has 1 N–H and O–H groups in total. The van der Waals surface area contributed by atoms with Crippen LogP contribution in [0.4, 0.5) is 11.4 Å². The van der Waals surface area contributed by atoms with Gasteiger partial charge in [-0.25, -0.2) is 4.79 Å². The number of piperidine rings is 1. The number of carbonyl (C=O) groups is 1. The third kappa shape index (κ3) is 3.48. The molecular weight excluding hydrogens is 387 g/mol. The number of hydrogen-bond acceptors (Lipinski definition) is 3. The first-order valence-electron chi connectivity index (χ1n) is 8.02. The van der Waals surface area contributed by atoms with E-state index in [1.807, 2.05) is 6.07 Å². The maximum atomic E-state index is 12.2. The van der Waals surface area contributed by atoms with Crippen LogP contribution in [0, 0.1) is 0 Å². The van der Waals surface area contributed by atoms with Crippen LogP contribution in [-0.4, -0.2) is 31.9 Å². The van der Waals surface area contributed by atoms with E-state index in [1.54, 1.807) is 24.7 Å². The number of carbonyl (C=O) groups excluding carboxylic acids is 1. The molecule has 1 aliphatic heterocycles. The summed E-state index contributed by atoms with van der Waals surface area (Å²) in [5, 5.41) is 2.69. The number of amides is 1. The van der Waals surface area contributed by atoms with Gasteiger partial charge < -0.3 is 10.2 Å². The van der Waals surface area contributed by atoms with E-state index in [4.69, 9.17) is 34.8 Å². The second-order valence-electron chi connectivity index (χ2n) is 6.26. The van der Waals surface area contributed by atoms with Crippen LogP contribution in [0.1, 0.15) is 19.3 Å². The monoisotopic (exact) mass is 404 g/mol. The summed E-state index contributed by atoms with van der Waals surface area (Å²) in [6.45, 7) is 1.76. The number of halogens is 3. The predicted molar refractivity (Wildman–Crippen MR) is 103 cm³/mol. The number of rotatable bonds is 2. The van der Waals surface area contributed by atoms with Crippen LogP contribution in [-0.2, 0) is 18.9 Å². The number of aromatic nitrogens is 2. The Labute approximate surface area is 160 Å². The van der Waals surface area contributed by atoms with Gasteiger partial charge in [0.05, 0.1) is 22.4 Å². The Morgan fingerprint density at radius 1 is 1.04 bits per heavy atom. The lowest BCUT2D eigenvalue weighted by Gasteiger charge is -2.31. The molecule has 0 saturated carbocycles. The van der Waals surface area contributed by atoms with Gasteiger partial charge in [0, 0.05) is 27.2 Å². The largest absolute Gasteiger partial charge is 0.370 e. The quantitative estimate of drug-likeness (QED) is 0.781. The van der Waals surface area contributed by atoms with Crippen LogP contribution in [0.5, 0.6) is 0 Å². The molecular formula is C16H19Cl3N4O2. The highest BCUT2D eigenvalue weighted by molar-refractivity contribution is 6.76. The fraction of sp³-hybridized carbons (Fsp3) is 0.500. The van der Waals surface area contributed by atoms with E-state index >= 15 is 0 Å². The first-order chi connectivity index (χ1) is 11.7. The fourth-order valence-electron chi connectivity index (χ4n) is 3.22. The number of benzene rings is 1. The highest BCUT2D eigenvalue weighted by Crippen LogP contribution is 2.35. The molecule has 1 aromatic carbocycles. The Morgan fingerprint density at radius 3 is 2.16 bits per heavy atom. The minimum atomic E-state index is -2.06. The number of fused-ring (bicyclic) bond motifs is 1. The summed E-state index contributed by atoms with van der Waals surface area (Å²) in [4.78, 5) is 26.6. The highest BCUT2D eigenvalue weighted by Gasteiger charge is 2.32. The molecule has 3 rings (SSSR count). The summed E-state index contributed by atoms with van der Waals surface area (Å²) >= 11 is 17.1. The number of nitrogens with zero attached hydrogens (tertiary/aromatic N) is 3. The van der Waals surface area contributed by atoms with Gasteiger partial charge in [-0.1, -0.05) is 34.8 Å². The second-order valence-corrected chi connectivity index (χ2v) is 8.54. The van der Waals surface area contributed by atoms with Crippen LogP contribution in [0.25, 0.3) is 11.0 Å². The van der Waals surface area contributed by atoms with E-state index in [-0.39, 0.29) is 5.69 Å². The van der Waals surface area contributed by atoms with E-state index in [1.165, 1.54) is 11.0 Å². The zero-order chi connectivity index (χ0) is 18.4. The van der Waals surface area contributed by atoms with Crippen molar-refractivity contribution in [2.24, 2.45) is 14.1 Å². The Bertz CT molecular complexity index is 876. The first-order valence-corrected chi connectivity index (χ1v) is 9.16.